The summed E-state index contributed by atoms with van der Waals surface area (Å²) >= 11 is 0. The second kappa shape index (κ2) is 79.7. The molecule has 2 unspecified atom stereocenters. The summed E-state index contributed by atoms with van der Waals surface area (Å²) in [5, 5.41) is 10.7. The van der Waals surface area contributed by atoms with Crippen LogP contribution in [0.3, 0.4) is 0 Å². The van der Waals surface area contributed by atoms with Gasteiger partial charge in [0.25, 0.3) is 0 Å². The average molecular weight is 1550 g/mol. The van der Waals surface area contributed by atoms with E-state index in [2.05, 4.69) is 34.6 Å². The van der Waals surface area contributed by atoms with Crippen molar-refractivity contribution >= 4 is 39.5 Å². The Hall–Kier alpha value is -1.94. The first-order chi connectivity index (χ1) is 51.5. The number of hydrogen-bond acceptors (Lipinski definition) is 15. The molecule has 3 N–H and O–H groups in total. The lowest BCUT2D eigenvalue weighted by Gasteiger charge is -2.21. The molecule has 0 aromatic carbocycles. The van der Waals surface area contributed by atoms with Crippen molar-refractivity contribution in [2.45, 2.75) is 490 Å². The van der Waals surface area contributed by atoms with Gasteiger partial charge in [0.1, 0.15) is 19.3 Å². The predicted molar refractivity (Wildman–Crippen MR) is 437 cm³/mol. The van der Waals surface area contributed by atoms with Gasteiger partial charge in [0.2, 0.25) is 0 Å². The fourth-order valence-electron chi connectivity index (χ4n) is 13.6. The summed E-state index contributed by atoms with van der Waals surface area (Å²) < 4.78 is 68.9. The Labute approximate surface area is 651 Å². The van der Waals surface area contributed by atoms with E-state index in [4.69, 9.17) is 37.0 Å². The molecule has 0 fully saturated rings. The van der Waals surface area contributed by atoms with Crippen LogP contribution >= 0.6 is 15.6 Å². The van der Waals surface area contributed by atoms with E-state index >= 15 is 0 Å². The molecule has 0 rings (SSSR count). The van der Waals surface area contributed by atoms with Crippen LogP contribution in [0.2, 0.25) is 0 Å². The first-order valence-corrected chi connectivity index (χ1v) is 48.1. The first kappa shape index (κ1) is 104. The molecular weight excluding hydrogens is 1380 g/mol. The molecule has 0 saturated carbocycles. The van der Waals surface area contributed by atoms with Crippen molar-refractivity contribution < 1.29 is 80.2 Å². The quantitative estimate of drug-likeness (QED) is 0.0222. The third-order valence-electron chi connectivity index (χ3n) is 20.5. The maximum absolute atomic E-state index is 13.2. The number of phosphoric ester groups is 2. The number of aliphatic hydroxyl groups is 1. The average Bonchev–Trinajstić information content (AvgIpc) is 0.901. The van der Waals surface area contributed by atoms with E-state index in [1.807, 2.05) is 0 Å². The number of hydrogen-bond donors (Lipinski definition) is 3. The van der Waals surface area contributed by atoms with E-state index in [9.17, 15) is 43.2 Å². The van der Waals surface area contributed by atoms with E-state index in [0.717, 1.165) is 95.8 Å². The maximum Gasteiger partial charge on any atom is 0.472 e. The molecule has 19 heteroatoms. The summed E-state index contributed by atoms with van der Waals surface area (Å²) in [6.45, 7) is 7.37. The van der Waals surface area contributed by atoms with Crippen LogP contribution in [0.1, 0.15) is 471 Å². The number of carbonyl (C=O) groups excluding carboxylic acids is 4. The van der Waals surface area contributed by atoms with Gasteiger partial charge in [-0.3, -0.25) is 37.3 Å². The van der Waals surface area contributed by atoms with Crippen LogP contribution in [0.25, 0.3) is 0 Å². The first-order valence-electron chi connectivity index (χ1n) is 45.1. The summed E-state index contributed by atoms with van der Waals surface area (Å²) in [6.07, 6.45) is 73.7. The maximum atomic E-state index is 13.2. The summed E-state index contributed by atoms with van der Waals surface area (Å²) in [6, 6.07) is 0. The number of aliphatic hydroxyl groups excluding tert-OH is 1. The summed E-state index contributed by atoms with van der Waals surface area (Å²) in [5.74, 6) is -1.32. The van der Waals surface area contributed by atoms with Gasteiger partial charge < -0.3 is 33.8 Å². The van der Waals surface area contributed by atoms with Crippen LogP contribution in [0.4, 0.5) is 0 Å². The largest absolute Gasteiger partial charge is 0.472 e. The van der Waals surface area contributed by atoms with Gasteiger partial charge in [0.05, 0.1) is 26.4 Å². The fourth-order valence-corrected chi connectivity index (χ4v) is 15.2. The minimum Gasteiger partial charge on any atom is -0.462 e. The summed E-state index contributed by atoms with van der Waals surface area (Å²) in [7, 11) is -9.93. The van der Waals surface area contributed by atoms with Gasteiger partial charge in [0.15, 0.2) is 12.2 Å². The van der Waals surface area contributed by atoms with Gasteiger partial charge in [-0.2, -0.15) is 0 Å². The van der Waals surface area contributed by atoms with Crippen molar-refractivity contribution in [3.63, 3.8) is 0 Å². The second-order valence-corrected chi connectivity index (χ2v) is 34.7. The molecule has 0 radical (unpaired) electrons. The van der Waals surface area contributed by atoms with Crippen LogP contribution in [0, 0.1) is 5.92 Å². The van der Waals surface area contributed by atoms with E-state index in [1.165, 1.54) is 295 Å². The van der Waals surface area contributed by atoms with Crippen molar-refractivity contribution in [1.82, 2.24) is 0 Å². The molecule has 0 bridgehead atoms. The lowest BCUT2D eigenvalue weighted by atomic mass is 10.0. The van der Waals surface area contributed by atoms with Gasteiger partial charge in [-0.05, 0) is 31.6 Å². The second-order valence-electron chi connectivity index (χ2n) is 31.8. The Bertz CT molecular complexity index is 2010. The van der Waals surface area contributed by atoms with Crippen LogP contribution in [-0.2, 0) is 65.4 Å². The number of ether oxygens (including phenoxy) is 4. The molecule has 0 aromatic heterocycles. The van der Waals surface area contributed by atoms with Crippen molar-refractivity contribution in [2.75, 3.05) is 39.6 Å². The van der Waals surface area contributed by atoms with Crippen molar-refractivity contribution in [3.8, 4) is 0 Å². The molecule has 0 aliphatic rings. The zero-order valence-electron chi connectivity index (χ0n) is 69.6. The number of rotatable bonds is 87. The summed E-state index contributed by atoms with van der Waals surface area (Å²) in [5.41, 5.74) is 0. The molecule has 0 spiro atoms. The van der Waals surface area contributed by atoms with Crippen LogP contribution in [0.15, 0.2) is 0 Å². The molecular formula is C87H170O17P2. The highest BCUT2D eigenvalue weighted by Crippen LogP contribution is 2.45. The fraction of sp³-hybridized carbons (Fsp3) is 0.954. The van der Waals surface area contributed by atoms with Gasteiger partial charge >= 0.3 is 39.5 Å². The Morgan fingerprint density at radius 1 is 0.255 bits per heavy atom. The molecule has 106 heavy (non-hydrogen) atoms. The Balaban J connectivity index is 5.21. The van der Waals surface area contributed by atoms with Gasteiger partial charge in [-0.1, -0.05) is 420 Å². The molecule has 0 saturated heterocycles. The van der Waals surface area contributed by atoms with Crippen molar-refractivity contribution in [1.29, 1.82) is 0 Å². The Kier molecular flexibility index (Phi) is 78.2. The van der Waals surface area contributed by atoms with Crippen molar-refractivity contribution in [2.24, 2.45) is 5.92 Å². The number of carbonyl (C=O) groups is 4. The molecule has 0 heterocycles. The normalized spacial score (nSPS) is 13.7. The lowest BCUT2D eigenvalue weighted by molar-refractivity contribution is -0.161. The van der Waals surface area contributed by atoms with E-state index in [1.54, 1.807) is 0 Å². The van der Waals surface area contributed by atoms with Crippen molar-refractivity contribution in [3.05, 3.63) is 0 Å². The standard InChI is InChI=1S/C87H170O17P2/c1-6-9-12-15-18-21-24-26-28-30-32-34-36-38-40-42-47-52-57-62-67-72-86(91)104-83(77-98-85(90)71-66-61-56-51-46-41-39-37-35-33-31-29-27-25-22-19-16-13-10-7-2)79-102-106(95,96)100-75-81(88)74-99-105(93,94)101-78-82(76-97-84(89)70-65-60-55-50-23-20-17-14-11-8-3)103-87(92)73-68-63-58-53-48-44-43-45-49-54-59-64-69-80(4)5/h80-83,88H,6-79H2,1-5H3,(H,93,94)(H,95,96)/t81-,82+,83+/m0/s1. The van der Waals surface area contributed by atoms with Crippen LogP contribution < -0.4 is 0 Å². The SMILES string of the molecule is CCCCCCCCCCCCCCCCCCCCCCCC(=O)O[C@H](COC(=O)CCCCCCCCCCCCCCCCCCCCCC)COP(=O)(O)OC[C@@H](O)COP(=O)(O)OC[C@@H](COC(=O)CCCCCCCCCCCC)OC(=O)CCCCCCCCCCCCCCC(C)C. The topological polar surface area (TPSA) is 237 Å². The lowest BCUT2D eigenvalue weighted by Crippen LogP contribution is -2.30. The molecule has 0 aliphatic heterocycles. The summed E-state index contributed by atoms with van der Waals surface area (Å²) in [4.78, 5) is 73.2. The van der Waals surface area contributed by atoms with Gasteiger partial charge in [-0.15, -0.1) is 0 Å². The molecule has 0 amide bonds. The monoisotopic (exact) mass is 1550 g/mol. The minimum absolute atomic E-state index is 0.108. The third-order valence-corrected chi connectivity index (χ3v) is 22.4. The Morgan fingerprint density at radius 3 is 0.642 bits per heavy atom. The van der Waals surface area contributed by atoms with E-state index in [0.29, 0.717) is 25.7 Å². The molecule has 0 aromatic rings. The highest BCUT2D eigenvalue weighted by atomic mass is 31.2. The number of unbranched alkanes of at least 4 members (excludes halogenated alkanes) is 59. The molecule has 5 atom stereocenters. The van der Waals surface area contributed by atoms with Gasteiger partial charge in [-0.25, -0.2) is 9.13 Å². The molecule has 0 aliphatic carbocycles. The smallest absolute Gasteiger partial charge is 0.462 e. The highest BCUT2D eigenvalue weighted by Gasteiger charge is 2.30. The third kappa shape index (κ3) is 80.1. The molecule has 630 valence electrons. The number of phosphoric acid groups is 2. The molecule has 17 nitrogen and oxygen atoms in total. The zero-order valence-corrected chi connectivity index (χ0v) is 71.4. The zero-order chi connectivity index (χ0) is 77.6. The highest BCUT2D eigenvalue weighted by molar-refractivity contribution is 7.47. The van der Waals surface area contributed by atoms with Crippen LogP contribution in [0.5, 0.6) is 0 Å². The minimum atomic E-state index is -4.97. The van der Waals surface area contributed by atoms with E-state index in [-0.39, 0.29) is 25.7 Å². The van der Waals surface area contributed by atoms with Crippen LogP contribution in [-0.4, -0.2) is 96.7 Å². The number of esters is 4. The Morgan fingerprint density at radius 2 is 0.434 bits per heavy atom. The van der Waals surface area contributed by atoms with E-state index < -0.39 is 97.5 Å². The van der Waals surface area contributed by atoms with Gasteiger partial charge in [0, 0.05) is 25.7 Å². The predicted octanol–water partition coefficient (Wildman–Crippen LogP) is 26.8.